The summed E-state index contributed by atoms with van der Waals surface area (Å²) in [4.78, 5) is 21.3. The first-order valence-corrected chi connectivity index (χ1v) is 15.0. The number of rotatable bonds is 6. The number of methoxy groups -OCH3 is 1. The van der Waals surface area contributed by atoms with Crippen molar-refractivity contribution in [2.45, 2.75) is 50.5 Å². The number of nitrogens with zero attached hydrogens (tertiary/aromatic N) is 3. The van der Waals surface area contributed by atoms with Gasteiger partial charge in [-0.15, -0.1) is 0 Å². The summed E-state index contributed by atoms with van der Waals surface area (Å²) >= 11 is 0. The predicted octanol–water partition coefficient (Wildman–Crippen LogP) is 5.62. The van der Waals surface area contributed by atoms with E-state index in [0.717, 1.165) is 41.4 Å². The number of carbonyl (C=O) groups is 1. The molecule has 3 aliphatic carbocycles. The minimum Gasteiger partial charge on any atom is -0.469 e. The number of halogens is 2. The zero-order chi connectivity index (χ0) is 29.1. The normalized spacial score (nSPS) is 22.2. The van der Waals surface area contributed by atoms with Crippen LogP contribution < -0.4 is 5.32 Å². The highest BCUT2D eigenvalue weighted by molar-refractivity contribution is 7.90. The highest BCUT2D eigenvalue weighted by Crippen LogP contribution is 2.47. The van der Waals surface area contributed by atoms with Gasteiger partial charge in [-0.05, 0) is 81.2 Å². The van der Waals surface area contributed by atoms with Gasteiger partial charge in [0.15, 0.2) is 17.5 Å². The monoisotopic (exact) mass is 580 g/mol. The van der Waals surface area contributed by atoms with Crippen LogP contribution in [0.3, 0.4) is 0 Å². The third-order valence-corrected chi connectivity index (χ3v) is 10.2. The highest BCUT2D eigenvalue weighted by atomic mass is 32.2. The minimum atomic E-state index is -4.19. The Morgan fingerprint density at radius 2 is 1.68 bits per heavy atom. The maximum absolute atomic E-state index is 15.4. The van der Waals surface area contributed by atoms with Crippen molar-refractivity contribution in [2.24, 2.45) is 17.8 Å². The molecule has 41 heavy (non-hydrogen) atoms. The molecule has 1 N–H and O–H groups in total. The lowest BCUT2D eigenvalue weighted by Gasteiger charge is -2.47. The molecule has 2 heterocycles. The molecule has 3 saturated carbocycles. The van der Waals surface area contributed by atoms with E-state index in [2.05, 4.69) is 15.3 Å². The standard InChI is InChI=1S/C30H30F2N4O4S/c1-16-4-10-20(11-5-16)41(38,39)36-15-22(21-12-17(2)13-23(31)27(21)36)28-33-14-24(32)29(35-28)34-26-19-8-6-18(7-9-19)25(26)30(37)40-3/h4-5,10-15,18-19,25-26H,6-9H2,1-3H3,(H,33,34,35). The van der Waals surface area contributed by atoms with Gasteiger partial charge < -0.3 is 10.1 Å². The summed E-state index contributed by atoms with van der Waals surface area (Å²) in [6.45, 7) is 3.53. The molecule has 2 bridgehead atoms. The molecule has 2 aromatic heterocycles. The lowest BCUT2D eigenvalue weighted by atomic mass is 9.61. The van der Waals surface area contributed by atoms with Gasteiger partial charge in [0.25, 0.3) is 10.0 Å². The third kappa shape index (κ3) is 4.65. The second kappa shape index (κ2) is 10.2. The van der Waals surface area contributed by atoms with Gasteiger partial charge in [-0.3, -0.25) is 4.79 Å². The Morgan fingerprint density at radius 1 is 1.00 bits per heavy atom. The number of aromatic nitrogens is 3. The van der Waals surface area contributed by atoms with Crippen LogP contribution in [0.2, 0.25) is 0 Å². The van der Waals surface area contributed by atoms with E-state index in [1.54, 1.807) is 25.1 Å². The number of anilines is 1. The summed E-state index contributed by atoms with van der Waals surface area (Å²) < 4.78 is 63.8. The van der Waals surface area contributed by atoms with Crippen molar-refractivity contribution in [3.63, 3.8) is 0 Å². The number of hydrogen-bond acceptors (Lipinski definition) is 7. The lowest BCUT2D eigenvalue weighted by molar-refractivity contribution is -0.152. The molecule has 3 fully saturated rings. The summed E-state index contributed by atoms with van der Waals surface area (Å²) in [5.41, 5.74) is 1.53. The summed E-state index contributed by atoms with van der Waals surface area (Å²) in [6, 6.07) is 8.82. The fourth-order valence-corrected chi connectivity index (χ4v) is 7.87. The van der Waals surface area contributed by atoms with Crippen molar-refractivity contribution in [3.8, 4) is 11.4 Å². The number of fused-ring (bicyclic) bond motifs is 4. The molecular formula is C30H30F2N4O4S. The van der Waals surface area contributed by atoms with Crippen LogP contribution in [0.1, 0.15) is 36.8 Å². The Labute approximate surface area is 236 Å². The van der Waals surface area contributed by atoms with Crippen LogP contribution in [0.5, 0.6) is 0 Å². The zero-order valence-electron chi connectivity index (χ0n) is 22.9. The number of nitrogens with one attached hydrogen (secondary N) is 1. The largest absolute Gasteiger partial charge is 0.469 e. The van der Waals surface area contributed by atoms with E-state index >= 15 is 8.78 Å². The summed E-state index contributed by atoms with van der Waals surface area (Å²) in [5, 5.41) is 3.45. The lowest BCUT2D eigenvalue weighted by Crippen LogP contribution is -2.52. The minimum absolute atomic E-state index is 0.00453. The van der Waals surface area contributed by atoms with Crippen LogP contribution in [0.4, 0.5) is 14.6 Å². The first-order valence-electron chi connectivity index (χ1n) is 13.6. The Balaban J connectivity index is 1.46. The van der Waals surface area contributed by atoms with Gasteiger partial charge in [-0.2, -0.15) is 0 Å². The second-order valence-electron chi connectivity index (χ2n) is 11.1. The molecule has 11 heteroatoms. The zero-order valence-corrected chi connectivity index (χ0v) is 23.7. The number of carbonyl (C=O) groups excluding carboxylic acids is 1. The van der Waals surface area contributed by atoms with Gasteiger partial charge >= 0.3 is 5.97 Å². The molecule has 4 aromatic rings. The van der Waals surface area contributed by atoms with E-state index in [1.165, 1.54) is 31.5 Å². The molecule has 0 radical (unpaired) electrons. The predicted molar refractivity (Wildman–Crippen MR) is 150 cm³/mol. The molecule has 0 amide bonds. The molecule has 0 spiro atoms. The number of esters is 1. The van der Waals surface area contributed by atoms with E-state index in [-0.39, 0.29) is 56.9 Å². The molecule has 2 unspecified atom stereocenters. The van der Waals surface area contributed by atoms with Crippen LogP contribution >= 0.6 is 0 Å². The maximum atomic E-state index is 15.4. The van der Waals surface area contributed by atoms with Crippen molar-refractivity contribution >= 4 is 32.7 Å². The second-order valence-corrected chi connectivity index (χ2v) is 12.9. The first kappa shape index (κ1) is 27.3. The van der Waals surface area contributed by atoms with Gasteiger partial charge in [0.1, 0.15) is 11.3 Å². The quantitative estimate of drug-likeness (QED) is 0.295. The molecule has 0 aliphatic heterocycles. The number of hydrogen-bond donors (Lipinski definition) is 1. The van der Waals surface area contributed by atoms with Crippen LogP contribution in [0.15, 0.2) is 53.7 Å². The van der Waals surface area contributed by atoms with Crippen LogP contribution in [-0.2, 0) is 19.6 Å². The average Bonchev–Trinajstić information content (AvgIpc) is 3.35. The average molecular weight is 581 g/mol. The molecule has 8 nitrogen and oxygen atoms in total. The fraction of sp³-hybridized carbons (Fsp3) is 0.367. The molecule has 2 atom stereocenters. The van der Waals surface area contributed by atoms with Gasteiger partial charge in [-0.1, -0.05) is 17.7 Å². The number of benzene rings is 2. The van der Waals surface area contributed by atoms with Crippen molar-refractivity contribution in [1.29, 1.82) is 0 Å². The topological polar surface area (TPSA) is 103 Å². The van der Waals surface area contributed by atoms with E-state index in [4.69, 9.17) is 4.74 Å². The van der Waals surface area contributed by atoms with Gasteiger partial charge in [-0.25, -0.2) is 31.1 Å². The Kier molecular flexibility index (Phi) is 6.80. The Bertz CT molecular complexity index is 1760. The fourth-order valence-electron chi connectivity index (χ4n) is 6.50. The molecule has 3 aliphatic rings. The molecule has 0 saturated heterocycles. The van der Waals surface area contributed by atoms with E-state index in [9.17, 15) is 13.2 Å². The molecule has 7 rings (SSSR count). The van der Waals surface area contributed by atoms with Crippen molar-refractivity contribution in [1.82, 2.24) is 13.9 Å². The Morgan fingerprint density at radius 3 is 2.37 bits per heavy atom. The number of ether oxygens (including phenoxy) is 1. The smallest absolute Gasteiger partial charge is 0.311 e. The van der Waals surface area contributed by atoms with Crippen LogP contribution in [-0.4, -0.2) is 41.5 Å². The van der Waals surface area contributed by atoms with Crippen molar-refractivity contribution < 1.29 is 26.7 Å². The van der Waals surface area contributed by atoms with Crippen molar-refractivity contribution in [3.05, 3.63) is 71.6 Å². The molecular weight excluding hydrogens is 550 g/mol. The molecule has 214 valence electrons. The van der Waals surface area contributed by atoms with Crippen LogP contribution in [0, 0.1) is 43.2 Å². The first-order chi connectivity index (χ1) is 19.6. The van der Waals surface area contributed by atoms with Crippen molar-refractivity contribution in [2.75, 3.05) is 12.4 Å². The Hall–Kier alpha value is -3.86. The SMILES string of the molecule is COC(=O)C1C2CCC(CC2)C1Nc1nc(-c2cn(S(=O)(=O)c3ccc(C)cc3)c3c(F)cc(C)cc23)ncc1F. The number of aryl methyl sites for hydroxylation is 2. The highest BCUT2D eigenvalue weighted by Gasteiger charge is 2.48. The molecule has 2 aromatic carbocycles. The van der Waals surface area contributed by atoms with Gasteiger partial charge in [0, 0.05) is 23.2 Å². The van der Waals surface area contributed by atoms with E-state index < -0.39 is 27.6 Å². The van der Waals surface area contributed by atoms with Gasteiger partial charge in [0.05, 0.1) is 24.1 Å². The maximum Gasteiger partial charge on any atom is 0.311 e. The summed E-state index contributed by atoms with van der Waals surface area (Å²) in [5.74, 6) is -1.97. The van der Waals surface area contributed by atoms with Gasteiger partial charge in [0.2, 0.25) is 0 Å². The summed E-state index contributed by atoms with van der Waals surface area (Å²) in [7, 11) is -2.84. The summed E-state index contributed by atoms with van der Waals surface area (Å²) in [6.07, 6.45) is 5.94. The van der Waals surface area contributed by atoms with E-state index in [0.29, 0.717) is 5.56 Å². The van der Waals surface area contributed by atoms with Crippen LogP contribution in [0.25, 0.3) is 22.3 Å². The van der Waals surface area contributed by atoms with E-state index in [1.807, 2.05) is 6.92 Å². The third-order valence-electron chi connectivity index (χ3n) is 8.52.